The minimum Gasteiger partial charge on any atom is -0.450 e. The normalized spacial score (nSPS) is 20.4. The number of nitrogens with zero attached hydrogens (tertiary/aromatic N) is 5. The predicted molar refractivity (Wildman–Crippen MR) is 111 cm³/mol. The highest BCUT2D eigenvalue weighted by Gasteiger charge is 2.31. The van der Waals surface area contributed by atoms with Gasteiger partial charge in [-0.25, -0.2) is 9.78 Å². The number of anilines is 1. The third-order valence-electron chi connectivity index (χ3n) is 5.70. The summed E-state index contributed by atoms with van der Waals surface area (Å²) < 4.78 is 5.05. The molecule has 0 saturated carbocycles. The highest BCUT2D eigenvalue weighted by atomic mass is 35.5. The topological polar surface area (TPSA) is 116 Å². The van der Waals surface area contributed by atoms with Crippen molar-refractivity contribution < 1.29 is 14.3 Å². The minimum absolute atomic E-state index is 0.0512. The lowest BCUT2D eigenvalue weighted by Gasteiger charge is -2.35. The van der Waals surface area contributed by atoms with E-state index in [1.807, 2.05) is 0 Å². The Bertz CT molecular complexity index is 913. The van der Waals surface area contributed by atoms with Gasteiger partial charge in [0.2, 0.25) is 11.2 Å². The first-order valence-electron chi connectivity index (χ1n) is 10.4. The van der Waals surface area contributed by atoms with E-state index >= 15 is 0 Å². The lowest BCUT2D eigenvalue weighted by molar-refractivity contribution is -0.126. The van der Waals surface area contributed by atoms with Gasteiger partial charge in [0.1, 0.15) is 5.52 Å². The molecular weight excluding hydrogens is 410 g/mol. The summed E-state index contributed by atoms with van der Waals surface area (Å²) in [6, 6.07) is 0.0753. The van der Waals surface area contributed by atoms with Crippen LogP contribution in [0.3, 0.4) is 0 Å². The van der Waals surface area contributed by atoms with Crippen LogP contribution < -0.4 is 10.2 Å². The highest BCUT2D eigenvalue weighted by Crippen LogP contribution is 2.27. The largest absolute Gasteiger partial charge is 0.450 e. The van der Waals surface area contributed by atoms with E-state index in [4.69, 9.17) is 16.3 Å². The Morgan fingerprint density at radius 2 is 2.07 bits per heavy atom. The number of nitrogens with one attached hydrogen (secondary N) is 2. The van der Waals surface area contributed by atoms with Crippen LogP contribution in [0.2, 0.25) is 5.28 Å². The lowest BCUT2D eigenvalue weighted by Crippen LogP contribution is -2.50. The van der Waals surface area contributed by atoms with Gasteiger partial charge < -0.3 is 24.8 Å². The number of carbonyl (C=O) groups is 2. The van der Waals surface area contributed by atoms with Crippen molar-refractivity contribution in [1.82, 2.24) is 30.2 Å². The Morgan fingerprint density at radius 1 is 1.27 bits per heavy atom. The third-order valence-corrected chi connectivity index (χ3v) is 5.87. The van der Waals surface area contributed by atoms with Crippen molar-refractivity contribution in [3.63, 3.8) is 0 Å². The van der Waals surface area contributed by atoms with E-state index in [9.17, 15) is 9.59 Å². The summed E-state index contributed by atoms with van der Waals surface area (Å²) in [7, 11) is 0. The van der Waals surface area contributed by atoms with Crippen LogP contribution in [0.1, 0.15) is 32.6 Å². The van der Waals surface area contributed by atoms with Crippen molar-refractivity contribution in [3.8, 4) is 0 Å². The number of H-pyrrole nitrogens is 1. The van der Waals surface area contributed by atoms with Gasteiger partial charge in [-0.15, -0.1) is 0 Å². The van der Waals surface area contributed by atoms with E-state index in [1.165, 1.54) is 0 Å². The molecule has 0 aliphatic carbocycles. The number of amides is 2. The van der Waals surface area contributed by atoms with Crippen LogP contribution in [0.15, 0.2) is 6.33 Å². The van der Waals surface area contributed by atoms with Gasteiger partial charge in [-0.3, -0.25) is 4.79 Å². The average molecular weight is 436 g/mol. The average Bonchev–Trinajstić information content (AvgIpc) is 3.22. The molecule has 30 heavy (non-hydrogen) atoms. The van der Waals surface area contributed by atoms with Crippen LogP contribution in [0, 0.1) is 5.92 Å². The van der Waals surface area contributed by atoms with E-state index in [2.05, 4.69) is 30.2 Å². The molecule has 2 aliphatic rings. The molecule has 2 amide bonds. The van der Waals surface area contributed by atoms with Crippen LogP contribution in [0.5, 0.6) is 0 Å². The molecule has 4 rings (SSSR count). The fraction of sp³-hybridized carbons (Fsp3) is 0.632. The zero-order valence-electron chi connectivity index (χ0n) is 16.9. The Kier molecular flexibility index (Phi) is 6.21. The number of hydrogen-bond acceptors (Lipinski definition) is 7. The quantitative estimate of drug-likeness (QED) is 0.705. The van der Waals surface area contributed by atoms with Crippen molar-refractivity contribution >= 4 is 40.6 Å². The molecule has 0 spiro atoms. The Hall–Kier alpha value is -2.62. The van der Waals surface area contributed by atoms with E-state index in [0.717, 1.165) is 37.7 Å². The first kappa shape index (κ1) is 20.6. The number of aromatic amines is 1. The fourth-order valence-corrected chi connectivity index (χ4v) is 4.30. The Balaban J connectivity index is 1.35. The summed E-state index contributed by atoms with van der Waals surface area (Å²) in [5, 5.41) is 3.32. The number of halogens is 1. The maximum atomic E-state index is 12.9. The van der Waals surface area contributed by atoms with Crippen LogP contribution >= 0.6 is 11.6 Å². The summed E-state index contributed by atoms with van der Waals surface area (Å²) in [4.78, 5) is 44.2. The molecule has 11 heteroatoms. The molecule has 2 saturated heterocycles. The molecule has 2 aromatic rings. The molecular formula is C19H26ClN7O3. The molecule has 2 fully saturated rings. The number of rotatable bonds is 4. The lowest BCUT2D eigenvalue weighted by atomic mass is 9.95. The molecule has 2 N–H and O–H groups in total. The standard InChI is InChI=1S/C19H26ClN7O3/c1-2-30-19(29)26-8-5-13(6-9-26)23-17(28)12-4-3-7-27(10-12)16-14-15(22-11-21-14)24-18(20)25-16/h11-13H,2-10H2,1H3,(H,23,28)(H,21,22,24,25)/t12-/m0/s1. The SMILES string of the molecule is CCOC(=O)N1CCC(NC(=O)[C@H]2CCCN(c3nc(Cl)nc4nc[nH]c34)C2)CC1. The molecule has 10 nitrogen and oxygen atoms in total. The summed E-state index contributed by atoms with van der Waals surface area (Å²) in [5.74, 6) is 0.603. The number of ether oxygens (including phenoxy) is 1. The molecule has 0 unspecified atom stereocenters. The molecule has 162 valence electrons. The van der Waals surface area contributed by atoms with E-state index in [-0.39, 0.29) is 29.2 Å². The number of carbonyl (C=O) groups excluding carboxylic acids is 2. The van der Waals surface area contributed by atoms with Crippen LogP contribution in [-0.4, -0.2) is 75.7 Å². The van der Waals surface area contributed by atoms with Gasteiger partial charge in [0.15, 0.2) is 11.5 Å². The maximum Gasteiger partial charge on any atom is 0.409 e. The molecule has 0 bridgehead atoms. The van der Waals surface area contributed by atoms with Gasteiger partial charge in [0, 0.05) is 32.2 Å². The number of hydrogen-bond donors (Lipinski definition) is 2. The molecule has 0 aromatic carbocycles. The predicted octanol–water partition coefficient (Wildman–Crippen LogP) is 1.96. The minimum atomic E-state index is -0.279. The van der Waals surface area contributed by atoms with E-state index in [0.29, 0.717) is 37.7 Å². The van der Waals surface area contributed by atoms with Gasteiger partial charge in [0.25, 0.3) is 0 Å². The van der Waals surface area contributed by atoms with Gasteiger partial charge in [-0.05, 0) is 44.2 Å². The zero-order valence-corrected chi connectivity index (χ0v) is 17.7. The number of piperidine rings is 2. The first-order chi connectivity index (χ1) is 14.5. The smallest absolute Gasteiger partial charge is 0.409 e. The van der Waals surface area contributed by atoms with Crippen molar-refractivity contribution in [2.24, 2.45) is 5.92 Å². The van der Waals surface area contributed by atoms with E-state index < -0.39 is 0 Å². The maximum absolute atomic E-state index is 12.9. The molecule has 4 heterocycles. The number of imidazole rings is 1. The Labute approximate surface area is 179 Å². The van der Waals surface area contributed by atoms with Crippen molar-refractivity contribution in [2.75, 3.05) is 37.7 Å². The van der Waals surface area contributed by atoms with Gasteiger partial charge >= 0.3 is 6.09 Å². The second-order valence-corrected chi connectivity index (χ2v) is 8.01. The van der Waals surface area contributed by atoms with Gasteiger partial charge in [-0.2, -0.15) is 9.97 Å². The van der Waals surface area contributed by atoms with E-state index in [1.54, 1.807) is 18.2 Å². The summed E-state index contributed by atoms with van der Waals surface area (Å²) >= 11 is 6.06. The van der Waals surface area contributed by atoms with Crippen LogP contribution in [0.4, 0.5) is 10.6 Å². The third kappa shape index (κ3) is 4.43. The van der Waals surface area contributed by atoms with Crippen molar-refractivity contribution in [3.05, 3.63) is 11.6 Å². The number of fused-ring (bicyclic) bond motifs is 1. The summed E-state index contributed by atoms with van der Waals surface area (Å²) in [6.45, 7) is 4.72. The fourth-order valence-electron chi connectivity index (χ4n) is 4.14. The zero-order chi connectivity index (χ0) is 21.1. The molecule has 2 aromatic heterocycles. The van der Waals surface area contributed by atoms with Crippen LogP contribution in [0.25, 0.3) is 11.2 Å². The molecule has 0 radical (unpaired) electrons. The highest BCUT2D eigenvalue weighted by molar-refractivity contribution is 6.28. The number of aromatic nitrogens is 4. The van der Waals surface area contributed by atoms with Crippen molar-refractivity contribution in [2.45, 2.75) is 38.6 Å². The van der Waals surface area contributed by atoms with Crippen LogP contribution in [-0.2, 0) is 9.53 Å². The first-order valence-corrected chi connectivity index (χ1v) is 10.8. The molecule has 1 atom stereocenters. The Morgan fingerprint density at radius 3 is 2.83 bits per heavy atom. The van der Waals surface area contributed by atoms with Crippen molar-refractivity contribution in [1.29, 1.82) is 0 Å². The monoisotopic (exact) mass is 435 g/mol. The second kappa shape index (κ2) is 9.03. The summed E-state index contributed by atoms with van der Waals surface area (Å²) in [5.41, 5.74) is 1.25. The molecule has 2 aliphatic heterocycles. The number of likely N-dealkylation sites (tertiary alicyclic amines) is 1. The second-order valence-electron chi connectivity index (χ2n) is 7.67. The van der Waals surface area contributed by atoms with Gasteiger partial charge in [0.05, 0.1) is 18.9 Å². The van der Waals surface area contributed by atoms with Gasteiger partial charge in [-0.1, -0.05) is 0 Å². The summed E-state index contributed by atoms with van der Waals surface area (Å²) in [6.07, 6.45) is 4.47.